The zero-order chi connectivity index (χ0) is 21.7. The second kappa shape index (κ2) is 9.43. The Morgan fingerprint density at radius 2 is 1.87 bits per heavy atom. The lowest BCUT2D eigenvalue weighted by Gasteiger charge is -2.17. The Labute approximate surface area is 176 Å². The molecule has 1 unspecified atom stereocenters. The minimum atomic E-state index is -0.630. The highest BCUT2D eigenvalue weighted by molar-refractivity contribution is 5.80. The standard InChI is InChI=1S/C23H28N4O3/c1-14(2)18-7-6-15(3)20(12-18)30-16(4)23(28)24-13-21-25-22(27-26-21)17-8-10-19(29-5)11-9-17/h6-12,14,16H,13H2,1-5H3,(H,24,28)(H,25,26,27). The molecule has 1 aromatic heterocycles. The van der Waals surface area contributed by atoms with Crippen molar-refractivity contribution in [2.24, 2.45) is 0 Å². The van der Waals surface area contributed by atoms with Crippen molar-refractivity contribution in [3.8, 4) is 22.9 Å². The van der Waals surface area contributed by atoms with Crippen molar-refractivity contribution in [3.05, 3.63) is 59.4 Å². The fourth-order valence-electron chi connectivity index (χ4n) is 2.90. The van der Waals surface area contributed by atoms with Crippen molar-refractivity contribution in [3.63, 3.8) is 0 Å². The molecule has 7 heteroatoms. The fraction of sp³-hybridized carbons (Fsp3) is 0.348. The van der Waals surface area contributed by atoms with E-state index in [-0.39, 0.29) is 12.5 Å². The smallest absolute Gasteiger partial charge is 0.261 e. The number of benzene rings is 2. The number of nitrogens with one attached hydrogen (secondary N) is 2. The van der Waals surface area contributed by atoms with Gasteiger partial charge in [0.1, 0.15) is 17.3 Å². The van der Waals surface area contributed by atoms with Gasteiger partial charge >= 0.3 is 0 Å². The average molecular weight is 409 g/mol. The van der Waals surface area contributed by atoms with E-state index in [1.165, 1.54) is 5.56 Å². The molecule has 1 atom stereocenters. The summed E-state index contributed by atoms with van der Waals surface area (Å²) in [6.45, 7) is 8.20. The second-order valence-corrected chi connectivity index (χ2v) is 7.49. The van der Waals surface area contributed by atoms with Crippen LogP contribution in [0.3, 0.4) is 0 Å². The molecule has 0 aliphatic heterocycles. The summed E-state index contributed by atoms with van der Waals surface area (Å²) in [5, 5.41) is 9.91. The predicted molar refractivity (Wildman–Crippen MR) is 116 cm³/mol. The number of H-pyrrole nitrogens is 1. The summed E-state index contributed by atoms with van der Waals surface area (Å²) < 4.78 is 11.1. The van der Waals surface area contributed by atoms with Gasteiger partial charge in [-0.2, -0.15) is 5.10 Å². The highest BCUT2D eigenvalue weighted by atomic mass is 16.5. The van der Waals surface area contributed by atoms with Gasteiger partial charge in [-0.05, 0) is 61.2 Å². The summed E-state index contributed by atoms with van der Waals surface area (Å²) in [5.41, 5.74) is 3.04. The monoisotopic (exact) mass is 408 g/mol. The number of nitrogens with zero attached hydrogens (tertiary/aromatic N) is 2. The SMILES string of the molecule is COc1ccc(-c2n[nH]c(CNC(=O)C(C)Oc3cc(C(C)C)ccc3C)n2)cc1. The maximum absolute atomic E-state index is 12.5. The number of rotatable bonds is 8. The maximum atomic E-state index is 12.5. The zero-order valence-electron chi connectivity index (χ0n) is 18.0. The minimum Gasteiger partial charge on any atom is -0.497 e. The van der Waals surface area contributed by atoms with E-state index in [1.807, 2.05) is 43.3 Å². The molecule has 2 aromatic carbocycles. The van der Waals surface area contributed by atoms with Crippen LogP contribution >= 0.6 is 0 Å². The van der Waals surface area contributed by atoms with Crippen molar-refractivity contribution in [2.75, 3.05) is 7.11 Å². The number of carbonyl (C=O) groups is 1. The summed E-state index contributed by atoms with van der Waals surface area (Å²) in [5.74, 6) is 2.80. The molecule has 158 valence electrons. The van der Waals surface area contributed by atoms with E-state index in [9.17, 15) is 4.79 Å². The second-order valence-electron chi connectivity index (χ2n) is 7.49. The van der Waals surface area contributed by atoms with E-state index in [2.05, 4.69) is 40.4 Å². The highest BCUT2D eigenvalue weighted by Gasteiger charge is 2.17. The number of aromatic amines is 1. The molecule has 0 aliphatic carbocycles. The lowest BCUT2D eigenvalue weighted by atomic mass is 10.0. The van der Waals surface area contributed by atoms with E-state index >= 15 is 0 Å². The van der Waals surface area contributed by atoms with Crippen LogP contribution in [0.2, 0.25) is 0 Å². The van der Waals surface area contributed by atoms with Crippen LogP contribution in [0.25, 0.3) is 11.4 Å². The number of methoxy groups -OCH3 is 1. The number of hydrogen-bond donors (Lipinski definition) is 2. The van der Waals surface area contributed by atoms with Crippen LogP contribution in [-0.4, -0.2) is 34.3 Å². The lowest BCUT2D eigenvalue weighted by Crippen LogP contribution is -2.36. The first-order chi connectivity index (χ1) is 14.4. The Morgan fingerprint density at radius 1 is 1.13 bits per heavy atom. The van der Waals surface area contributed by atoms with E-state index in [0.29, 0.717) is 17.6 Å². The molecule has 7 nitrogen and oxygen atoms in total. The topological polar surface area (TPSA) is 89.1 Å². The quantitative estimate of drug-likeness (QED) is 0.588. The minimum absolute atomic E-state index is 0.216. The van der Waals surface area contributed by atoms with Gasteiger partial charge in [-0.1, -0.05) is 26.0 Å². The normalized spacial score (nSPS) is 11.9. The van der Waals surface area contributed by atoms with Crippen LogP contribution in [0.5, 0.6) is 11.5 Å². The van der Waals surface area contributed by atoms with Crippen LogP contribution in [0.1, 0.15) is 43.6 Å². The molecule has 3 rings (SSSR count). The number of carbonyl (C=O) groups excluding carboxylic acids is 1. The molecule has 2 N–H and O–H groups in total. The number of ether oxygens (including phenoxy) is 2. The Balaban J connectivity index is 1.58. The van der Waals surface area contributed by atoms with Crippen molar-refractivity contribution in [1.29, 1.82) is 0 Å². The van der Waals surface area contributed by atoms with Gasteiger partial charge in [0.25, 0.3) is 5.91 Å². The average Bonchev–Trinajstić information content (AvgIpc) is 3.22. The van der Waals surface area contributed by atoms with Gasteiger partial charge in [-0.15, -0.1) is 0 Å². The molecule has 0 saturated carbocycles. The molecule has 0 fully saturated rings. The van der Waals surface area contributed by atoms with Crippen LogP contribution in [0.15, 0.2) is 42.5 Å². The van der Waals surface area contributed by atoms with Gasteiger partial charge in [-0.3, -0.25) is 9.89 Å². The predicted octanol–water partition coefficient (Wildman–Crippen LogP) is 4.00. The van der Waals surface area contributed by atoms with Crippen molar-refractivity contribution >= 4 is 5.91 Å². The van der Waals surface area contributed by atoms with Crippen LogP contribution in [0, 0.1) is 6.92 Å². The zero-order valence-corrected chi connectivity index (χ0v) is 18.0. The first-order valence-corrected chi connectivity index (χ1v) is 9.98. The number of amides is 1. The largest absolute Gasteiger partial charge is 0.497 e. The number of aryl methyl sites for hydroxylation is 1. The van der Waals surface area contributed by atoms with Crippen molar-refractivity contribution < 1.29 is 14.3 Å². The van der Waals surface area contributed by atoms with E-state index in [0.717, 1.165) is 22.6 Å². The van der Waals surface area contributed by atoms with E-state index < -0.39 is 6.10 Å². The Morgan fingerprint density at radius 3 is 2.53 bits per heavy atom. The highest BCUT2D eigenvalue weighted by Crippen LogP contribution is 2.25. The Kier molecular flexibility index (Phi) is 6.72. The fourth-order valence-corrected chi connectivity index (χ4v) is 2.90. The first kappa shape index (κ1) is 21.4. The van der Waals surface area contributed by atoms with Gasteiger partial charge in [-0.25, -0.2) is 4.98 Å². The molecule has 0 spiro atoms. The number of hydrogen-bond acceptors (Lipinski definition) is 5. The van der Waals surface area contributed by atoms with E-state index in [1.54, 1.807) is 14.0 Å². The molecule has 0 radical (unpaired) electrons. The maximum Gasteiger partial charge on any atom is 0.261 e. The van der Waals surface area contributed by atoms with Crippen LogP contribution < -0.4 is 14.8 Å². The Bertz CT molecular complexity index is 996. The van der Waals surface area contributed by atoms with E-state index in [4.69, 9.17) is 9.47 Å². The Hall–Kier alpha value is -3.35. The van der Waals surface area contributed by atoms with Gasteiger partial charge in [0, 0.05) is 5.56 Å². The summed E-state index contributed by atoms with van der Waals surface area (Å²) in [4.78, 5) is 16.9. The third-order valence-electron chi connectivity index (χ3n) is 4.86. The van der Waals surface area contributed by atoms with Crippen molar-refractivity contribution in [2.45, 2.75) is 46.3 Å². The van der Waals surface area contributed by atoms with Gasteiger partial charge in [0.15, 0.2) is 11.9 Å². The molecule has 1 amide bonds. The molecule has 30 heavy (non-hydrogen) atoms. The summed E-state index contributed by atoms with van der Waals surface area (Å²) in [6, 6.07) is 13.6. The molecular formula is C23H28N4O3. The van der Waals surface area contributed by atoms with Crippen LogP contribution in [0.4, 0.5) is 0 Å². The van der Waals surface area contributed by atoms with Gasteiger partial charge < -0.3 is 14.8 Å². The summed E-state index contributed by atoms with van der Waals surface area (Å²) in [7, 11) is 1.62. The third-order valence-corrected chi connectivity index (χ3v) is 4.86. The molecule has 0 saturated heterocycles. The molecule has 1 heterocycles. The molecule has 3 aromatic rings. The van der Waals surface area contributed by atoms with Crippen molar-refractivity contribution in [1.82, 2.24) is 20.5 Å². The van der Waals surface area contributed by atoms with Gasteiger partial charge in [0.2, 0.25) is 0 Å². The third kappa shape index (κ3) is 5.17. The van der Waals surface area contributed by atoms with Crippen LogP contribution in [-0.2, 0) is 11.3 Å². The molecular weight excluding hydrogens is 380 g/mol. The lowest BCUT2D eigenvalue weighted by molar-refractivity contribution is -0.127. The summed E-state index contributed by atoms with van der Waals surface area (Å²) >= 11 is 0. The first-order valence-electron chi connectivity index (χ1n) is 9.98. The van der Waals surface area contributed by atoms with Gasteiger partial charge in [0.05, 0.1) is 13.7 Å². The molecule has 0 bridgehead atoms. The molecule has 0 aliphatic rings. The summed E-state index contributed by atoms with van der Waals surface area (Å²) in [6.07, 6.45) is -0.630. The number of aromatic nitrogens is 3.